The van der Waals surface area contributed by atoms with Crippen LogP contribution in [0.15, 0.2) is 52.8 Å². The zero-order chi connectivity index (χ0) is 17.8. The van der Waals surface area contributed by atoms with Crippen LogP contribution >= 0.6 is 11.9 Å². The maximum Gasteiger partial charge on any atom is 0.115 e. The molecule has 6 heteroatoms. The van der Waals surface area contributed by atoms with Crippen molar-refractivity contribution in [1.29, 1.82) is 0 Å². The Morgan fingerprint density at radius 2 is 2.12 bits per heavy atom. The fraction of sp³-hybridized carbons (Fsp3) is 0.400. The van der Waals surface area contributed by atoms with Gasteiger partial charge in [0.2, 0.25) is 0 Å². The van der Waals surface area contributed by atoms with Crippen molar-refractivity contribution >= 4 is 17.5 Å². The van der Waals surface area contributed by atoms with Gasteiger partial charge in [0.15, 0.2) is 0 Å². The lowest BCUT2D eigenvalue weighted by Crippen LogP contribution is -2.54. The van der Waals surface area contributed by atoms with E-state index in [1.807, 2.05) is 29.1 Å². The Kier molecular flexibility index (Phi) is 3.97. The first-order valence-corrected chi connectivity index (χ1v) is 9.81. The first-order chi connectivity index (χ1) is 12.6. The minimum absolute atomic E-state index is 0.0929. The molecule has 0 amide bonds. The number of rotatable bonds is 3. The summed E-state index contributed by atoms with van der Waals surface area (Å²) in [5, 5.41) is 9.66. The van der Waals surface area contributed by atoms with Gasteiger partial charge in [-0.3, -0.25) is 0 Å². The molecule has 1 atom stereocenters. The smallest absolute Gasteiger partial charge is 0.115 e. The lowest BCUT2D eigenvalue weighted by atomic mass is 9.90. The monoisotopic (exact) mass is 371 g/mol. The van der Waals surface area contributed by atoms with Gasteiger partial charge in [-0.05, 0) is 53.9 Å². The lowest BCUT2D eigenvalue weighted by Gasteiger charge is -2.41. The molecule has 0 bridgehead atoms. The van der Waals surface area contributed by atoms with E-state index in [9.17, 15) is 9.50 Å². The van der Waals surface area contributed by atoms with Gasteiger partial charge >= 0.3 is 0 Å². The highest BCUT2D eigenvalue weighted by molar-refractivity contribution is 7.97. The molecule has 4 aliphatic rings. The van der Waals surface area contributed by atoms with E-state index in [4.69, 9.17) is 0 Å². The molecule has 1 aromatic rings. The second-order valence-electron chi connectivity index (χ2n) is 7.52. The molecule has 0 aromatic heterocycles. The number of aliphatic hydroxyl groups excluding tert-OH is 1. The van der Waals surface area contributed by atoms with Crippen molar-refractivity contribution in [3.8, 4) is 0 Å². The Labute approximate surface area is 157 Å². The average Bonchev–Trinajstić information content (AvgIpc) is 3.18. The quantitative estimate of drug-likeness (QED) is 0.826. The normalized spacial score (nSPS) is 26.2. The van der Waals surface area contributed by atoms with E-state index in [-0.39, 0.29) is 18.6 Å². The summed E-state index contributed by atoms with van der Waals surface area (Å²) in [6.45, 7) is 3.15. The molecule has 26 heavy (non-hydrogen) atoms. The van der Waals surface area contributed by atoms with Crippen LogP contribution in [0.3, 0.4) is 0 Å². The summed E-state index contributed by atoms with van der Waals surface area (Å²) in [4.78, 5) is 5.50. The van der Waals surface area contributed by atoms with E-state index in [1.165, 1.54) is 10.5 Å². The summed E-state index contributed by atoms with van der Waals surface area (Å²) < 4.78 is 16.2. The highest BCUT2D eigenvalue weighted by Gasteiger charge is 2.35. The van der Waals surface area contributed by atoms with Gasteiger partial charge in [-0.15, -0.1) is 0 Å². The zero-order valence-electron chi connectivity index (χ0n) is 14.7. The van der Waals surface area contributed by atoms with Gasteiger partial charge in [0.1, 0.15) is 12.6 Å². The van der Waals surface area contributed by atoms with Crippen molar-refractivity contribution in [3.63, 3.8) is 0 Å². The maximum atomic E-state index is 13.7. The summed E-state index contributed by atoms with van der Waals surface area (Å²) in [6, 6.07) is 7.17. The molecule has 5 rings (SSSR count). The molecule has 1 aliphatic carbocycles. The molecule has 4 nitrogen and oxygen atoms in total. The SMILES string of the molecule is CN1CC(N2Cc3cc(C4=CN(CO)C5CC(F)=CC=C45)ccc3S2)C1. The molecular weight excluding hydrogens is 349 g/mol. The van der Waals surface area contributed by atoms with Gasteiger partial charge in [-0.2, -0.15) is 0 Å². The standard InChI is InChI=1S/C20H22FN3OS/c1-22-9-16(10-22)24-8-14-6-13(2-5-20(14)26-24)18-11-23(12-25)19-7-15(21)3-4-17(18)19/h2-6,11,16,19,25H,7-10,12H2,1H3. The first kappa shape index (κ1) is 16.6. The minimum atomic E-state index is -0.127. The van der Waals surface area contributed by atoms with Gasteiger partial charge in [0.05, 0.1) is 6.04 Å². The molecule has 1 N–H and O–H groups in total. The predicted octanol–water partition coefficient (Wildman–Crippen LogP) is 2.98. The Bertz CT molecular complexity index is 843. The topological polar surface area (TPSA) is 30.0 Å². The van der Waals surface area contributed by atoms with Gasteiger partial charge in [0, 0.05) is 48.8 Å². The predicted molar refractivity (Wildman–Crippen MR) is 102 cm³/mol. The molecular formula is C20H22FN3OS. The van der Waals surface area contributed by atoms with E-state index < -0.39 is 0 Å². The third-order valence-corrected chi connectivity index (χ3v) is 6.98. The fourth-order valence-corrected chi connectivity index (χ4v) is 5.38. The summed E-state index contributed by atoms with van der Waals surface area (Å²) >= 11 is 1.86. The van der Waals surface area contributed by atoms with Crippen LogP contribution in [-0.4, -0.2) is 58.2 Å². The van der Waals surface area contributed by atoms with Crippen molar-refractivity contribution in [1.82, 2.24) is 14.1 Å². The molecule has 136 valence electrons. The number of nitrogens with zero attached hydrogens (tertiary/aromatic N) is 3. The van der Waals surface area contributed by atoms with Crippen LogP contribution in [0.5, 0.6) is 0 Å². The van der Waals surface area contributed by atoms with E-state index in [1.54, 1.807) is 6.08 Å². The van der Waals surface area contributed by atoms with Crippen LogP contribution in [0.25, 0.3) is 5.57 Å². The Morgan fingerprint density at radius 3 is 2.88 bits per heavy atom. The Morgan fingerprint density at radius 1 is 1.27 bits per heavy atom. The number of likely N-dealkylation sites (N-methyl/N-ethyl adjacent to an activating group) is 1. The molecule has 1 fully saturated rings. The number of halogens is 1. The highest BCUT2D eigenvalue weighted by atomic mass is 32.2. The molecule has 3 aliphatic heterocycles. The van der Waals surface area contributed by atoms with Gasteiger partial charge in [-0.1, -0.05) is 12.1 Å². The lowest BCUT2D eigenvalue weighted by molar-refractivity contribution is 0.111. The van der Waals surface area contributed by atoms with E-state index in [0.717, 1.165) is 36.3 Å². The number of fused-ring (bicyclic) bond motifs is 2. The summed E-state index contributed by atoms with van der Waals surface area (Å²) in [6.07, 6.45) is 5.73. The summed E-state index contributed by atoms with van der Waals surface area (Å²) in [5.74, 6) is -0.127. The van der Waals surface area contributed by atoms with Crippen molar-refractivity contribution in [2.45, 2.75) is 29.9 Å². The van der Waals surface area contributed by atoms with Crippen LogP contribution in [0, 0.1) is 0 Å². The minimum Gasteiger partial charge on any atom is -0.376 e. The van der Waals surface area contributed by atoms with Crippen LogP contribution in [0.2, 0.25) is 0 Å². The molecule has 1 saturated heterocycles. The van der Waals surface area contributed by atoms with E-state index in [0.29, 0.717) is 12.5 Å². The van der Waals surface area contributed by atoms with Crippen LogP contribution < -0.4 is 0 Å². The van der Waals surface area contributed by atoms with Gasteiger partial charge in [0.25, 0.3) is 0 Å². The molecule has 0 radical (unpaired) electrons. The molecule has 0 spiro atoms. The van der Waals surface area contributed by atoms with Crippen molar-refractivity contribution in [2.24, 2.45) is 0 Å². The van der Waals surface area contributed by atoms with Crippen molar-refractivity contribution in [2.75, 3.05) is 26.9 Å². The fourth-order valence-electron chi connectivity index (χ4n) is 4.27. The number of hydrogen-bond acceptors (Lipinski definition) is 5. The Hall–Kier alpha value is -1.60. The average molecular weight is 371 g/mol. The van der Waals surface area contributed by atoms with Gasteiger partial charge < -0.3 is 14.9 Å². The molecule has 0 saturated carbocycles. The highest BCUT2D eigenvalue weighted by Crippen LogP contribution is 2.44. The second kappa shape index (κ2) is 6.23. The van der Waals surface area contributed by atoms with Crippen LogP contribution in [-0.2, 0) is 6.54 Å². The molecule has 1 aromatic carbocycles. The molecule has 1 unspecified atom stereocenters. The van der Waals surface area contributed by atoms with E-state index in [2.05, 4.69) is 34.5 Å². The summed E-state index contributed by atoms with van der Waals surface area (Å²) in [7, 11) is 2.16. The number of hydrogen-bond donors (Lipinski definition) is 1. The van der Waals surface area contributed by atoms with Crippen LogP contribution in [0.1, 0.15) is 17.5 Å². The van der Waals surface area contributed by atoms with Crippen molar-refractivity contribution < 1.29 is 9.50 Å². The number of benzene rings is 1. The second-order valence-corrected chi connectivity index (χ2v) is 8.61. The molecule has 3 heterocycles. The van der Waals surface area contributed by atoms with Gasteiger partial charge in [-0.25, -0.2) is 8.70 Å². The number of allylic oxidation sites excluding steroid dienone is 2. The first-order valence-electron chi connectivity index (χ1n) is 9.04. The Balaban J connectivity index is 1.43. The van der Waals surface area contributed by atoms with Crippen molar-refractivity contribution in [3.05, 3.63) is 59.1 Å². The number of likely N-dealkylation sites (tertiary alicyclic amines) is 1. The third kappa shape index (κ3) is 2.63. The van der Waals surface area contributed by atoms with Crippen LogP contribution in [0.4, 0.5) is 4.39 Å². The zero-order valence-corrected chi connectivity index (χ0v) is 15.5. The third-order valence-electron chi connectivity index (χ3n) is 5.73. The summed E-state index contributed by atoms with van der Waals surface area (Å²) in [5.41, 5.74) is 4.71. The maximum absolute atomic E-state index is 13.7. The largest absolute Gasteiger partial charge is 0.376 e. The number of aliphatic hydroxyl groups is 1. The van der Waals surface area contributed by atoms with E-state index >= 15 is 0 Å².